The van der Waals surface area contributed by atoms with Crippen LogP contribution in [-0.2, 0) is 13.5 Å². The van der Waals surface area contributed by atoms with Gasteiger partial charge in [0.15, 0.2) is 0 Å². The fraction of sp³-hybridized carbons (Fsp3) is 0.294. The quantitative estimate of drug-likeness (QED) is 0.914. The Kier molecular flexibility index (Phi) is 3.71. The minimum absolute atomic E-state index is 0.0611. The van der Waals surface area contributed by atoms with Crippen LogP contribution in [0.2, 0.25) is 0 Å². The number of benzene rings is 1. The molecule has 2 N–H and O–H groups in total. The average Bonchev–Trinajstić information content (AvgIpc) is 2.93. The standard InChI is InChI=1S/C17H18N2O3/c1-19-9-3-6-15(19)16(20)18-14-5-2-4-11-10-12(17(21)22)7-8-13(11)14/h3,6-10,14H,2,4-5H2,1H3,(H,18,20)(H,21,22)/t14-/m1/s1. The number of carbonyl (C=O) groups excluding carboxylic acids is 1. The predicted molar refractivity (Wildman–Crippen MR) is 82.0 cm³/mol. The summed E-state index contributed by atoms with van der Waals surface area (Å²) in [5.41, 5.74) is 2.96. The van der Waals surface area contributed by atoms with E-state index in [1.165, 1.54) is 0 Å². The summed E-state index contributed by atoms with van der Waals surface area (Å²) in [6, 6.07) is 8.71. The van der Waals surface area contributed by atoms with E-state index < -0.39 is 5.97 Å². The molecule has 114 valence electrons. The number of carbonyl (C=O) groups is 2. The molecule has 0 spiro atoms. The van der Waals surface area contributed by atoms with Crippen molar-refractivity contribution >= 4 is 11.9 Å². The Morgan fingerprint density at radius 1 is 1.32 bits per heavy atom. The number of hydrogen-bond donors (Lipinski definition) is 2. The molecule has 1 aromatic carbocycles. The number of rotatable bonds is 3. The Balaban J connectivity index is 1.84. The summed E-state index contributed by atoms with van der Waals surface area (Å²) < 4.78 is 1.78. The fourth-order valence-electron chi connectivity index (χ4n) is 3.03. The lowest BCUT2D eigenvalue weighted by molar-refractivity contribution is 0.0696. The molecule has 0 saturated heterocycles. The molecule has 1 aliphatic carbocycles. The number of carboxylic acids is 1. The number of aromatic carboxylic acids is 1. The summed E-state index contributed by atoms with van der Waals surface area (Å²) >= 11 is 0. The Morgan fingerprint density at radius 3 is 2.82 bits per heavy atom. The molecule has 0 unspecified atom stereocenters. The molecule has 1 amide bonds. The zero-order valence-corrected chi connectivity index (χ0v) is 12.4. The first kappa shape index (κ1) is 14.4. The zero-order chi connectivity index (χ0) is 15.7. The van der Waals surface area contributed by atoms with Crippen LogP contribution in [0.3, 0.4) is 0 Å². The van der Waals surface area contributed by atoms with Crippen LogP contribution in [0, 0.1) is 0 Å². The van der Waals surface area contributed by atoms with Gasteiger partial charge in [0.05, 0.1) is 11.6 Å². The Labute approximate surface area is 128 Å². The molecular formula is C17H18N2O3. The van der Waals surface area contributed by atoms with E-state index in [9.17, 15) is 9.59 Å². The van der Waals surface area contributed by atoms with Gasteiger partial charge in [0.1, 0.15) is 5.69 Å². The maximum absolute atomic E-state index is 12.4. The molecule has 22 heavy (non-hydrogen) atoms. The Hall–Kier alpha value is -2.56. The van der Waals surface area contributed by atoms with Crippen molar-refractivity contribution in [1.29, 1.82) is 0 Å². The number of amides is 1. The largest absolute Gasteiger partial charge is 0.478 e. The van der Waals surface area contributed by atoms with Gasteiger partial charge in [-0.15, -0.1) is 0 Å². The van der Waals surface area contributed by atoms with Crippen molar-refractivity contribution in [3.05, 3.63) is 58.9 Å². The topological polar surface area (TPSA) is 71.3 Å². The van der Waals surface area contributed by atoms with Gasteiger partial charge in [-0.25, -0.2) is 4.79 Å². The second kappa shape index (κ2) is 5.67. The predicted octanol–water partition coefficient (Wildman–Crippen LogP) is 2.53. The molecule has 0 bridgehead atoms. The lowest BCUT2D eigenvalue weighted by Crippen LogP contribution is -2.32. The van der Waals surface area contributed by atoms with Crippen LogP contribution in [-0.4, -0.2) is 21.6 Å². The number of fused-ring (bicyclic) bond motifs is 1. The summed E-state index contributed by atoms with van der Waals surface area (Å²) in [6.07, 6.45) is 4.50. The molecule has 1 heterocycles. The number of aromatic nitrogens is 1. The van der Waals surface area contributed by atoms with Gasteiger partial charge in [0, 0.05) is 13.2 Å². The van der Waals surface area contributed by atoms with Crippen molar-refractivity contribution in [2.24, 2.45) is 7.05 Å². The highest BCUT2D eigenvalue weighted by molar-refractivity contribution is 5.93. The van der Waals surface area contributed by atoms with E-state index in [0.29, 0.717) is 11.3 Å². The number of nitrogens with zero attached hydrogens (tertiary/aromatic N) is 1. The summed E-state index contributed by atoms with van der Waals surface area (Å²) in [6.45, 7) is 0. The smallest absolute Gasteiger partial charge is 0.335 e. The highest BCUT2D eigenvalue weighted by Crippen LogP contribution is 2.30. The normalized spacial score (nSPS) is 16.9. The van der Waals surface area contributed by atoms with Gasteiger partial charge < -0.3 is 15.0 Å². The molecule has 3 rings (SSSR count). The highest BCUT2D eigenvalue weighted by atomic mass is 16.4. The fourth-order valence-corrected chi connectivity index (χ4v) is 3.03. The Morgan fingerprint density at radius 2 is 2.14 bits per heavy atom. The molecule has 5 heteroatoms. The van der Waals surface area contributed by atoms with E-state index in [1.54, 1.807) is 22.8 Å². The van der Waals surface area contributed by atoms with Gasteiger partial charge in [-0.05, 0) is 54.7 Å². The van der Waals surface area contributed by atoms with Gasteiger partial charge in [0.25, 0.3) is 5.91 Å². The number of aryl methyl sites for hydroxylation is 2. The van der Waals surface area contributed by atoms with Gasteiger partial charge >= 0.3 is 5.97 Å². The van der Waals surface area contributed by atoms with Crippen LogP contribution in [0.1, 0.15) is 50.9 Å². The van der Waals surface area contributed by atoms with E-state index in [0.717, 1.165) is 30.4 Å². The molecule has 0 radical (unpaired) electrons. The molecule has 1 aliphatic rings. The molecular weight excluding hydrogens is 280 g/mol. The van der Waals surface area contributed by atoms with Crippen LogP contribution in [0.5, 0.6) is 0 Å². The first-order valence-corrected chi connectivity index (χ1v) is 7.34. The molecule has 1 atom stereocenters. The summed E-state index contributed by atoms with van der Waals surface area (Å²) in [5.74, 6) is -1.02. The molecule has 2 aromatic rings. The van der Waals surface area contributed by atoms with Crippen LogP contribution < -0.4 is 5.32 Å². The van der Waals surface area contributed by atoms with E-state index in [1.807, 2.05) is 25.4 Å². The molecule has 5 nitrogen and oxygen atoms in total. The molecule has 1 aromatic heterocycles. The van der Waals surface area contributed by atoms with Crippen LogP contribution >= 0.6 is 0 Å². The summed E-state index contributed by atoms with van der Waals surface area (Å²) in [4.78, 5) is 23.4. The van der Waals surface area contributed by atoms with Gasteiger partial charge in [-0.1, -0.05) is 6.07 Å². The van der Waals surface area contributed by atoms with E-state index in [2.05, 4.69) is 5.32 Å². The lowest BCUT2D eigenvalue weighted by Gasteiger charge is -2.26. The maximum Gasteiger partial charge on any atom is 0.335 e. The SMILES string of the molecule is Cn1cccc1C(=O)N[C@@H]1CCCc2cc(C(=O)O)ccc21. The third-order valence-electron chi connectivity index (χ3n) is 4.19. The van der Waals surface area contributed by atoms with Crippen LogP contribution in [0.25, 0.3) is 0 Å². The van der Waals surface area contributed by atoms with Gasteiger partial charge in [-0.3, -0.25) is 4.79 Å². The number of hydrogen-bond acceptors (Lipinski definition) is 2. The third-order valence-corrected chi connectivity index (χ3v) is 4.19. The monoisotopic (exact) mass is 298 g/mol. The zero-order valence-electron chi connectivity index (χ0n) is 12.4. The second-order valence-electron chi connectivity index (χ2n) is 5.64. The summed E-state index contributed by atoms with van der Waals surface area (Å²) in [5, 5.41) is 12.1. The molecule has 0 fully saturated rings. The van der Waals surface area contributed by atoms with E-state index in [-0.39, 0.29) is 11.9 Å². The first-order chi connectivity index (χ1) is 10.6. The number of nitrogens with one attached hydrogen (secondary N) is 1. The number of carboxylic acid groups (broad SMARTS) is 1. The van der Waals surface area contributed by atoms with Crippen molar-refractivity contribution in [1.82, 2.24) is 9.88 Å². The van der Waals surface area contributed by atoms with Crippen molar-refractivity contribution in [2.75, 3.05) is 0 Å². The van der Waals surface area contributed by atoms with Crippen molar-refractivity contribution in [3.8, 4) is 0 Å². The molecule has 0 saturated carbocycles. The van der Waals surface area contributed by atoms with Gasteiger partial charge in [0.2, 0.25) is 0 Å². The van der Waals surface area contributed by atoms with Gasteiger partial charge in [-0.2, -0.15) is 0 Å². The lowest BCUT2D eigenvalue weighted by atomic mass is 9.86. The van der Waals surface area contributed by atoms with Crippen molar-refractivity contribution in [3.63, 3.8) is 0 Å². The highest BCUT2D eigenvalue weighted by Gasteiger charge is 2.23. The van der Waals surface area contributed by atoms with Crippen molar-refractivity contribution < 1.29 is 14.7 Å². The summed E-state index contributed by atoms with van der Waals surface area (Å²) in [7, 11) is 1.84. The molecule has 0 aliphatic heterocycles. The first-order valence-electron chi connectivity index (χ1n) is 7.34. The second-order valence-corrected chi connectivity index (χ2v) is 5.64. The average molecular weight is 298 g/mol. The minimum Gasteiger partial charge on any atom is -0.478 e. The Bertz CT molecular complexity index is 733. The third kappa shape index (κ3) is 2.62. The van der Waals surface area contributed by atoms with Crippen LogP contribution in [0.15, 0.2) is 36.5 Å². The van der Waals surface area contributed by atoms with E-state index >= 15 is 0 Å². The van der Waals surface area contributed by atoms with E-state index in [4.69, 9.17) is 5.11 Å². The van der Waals surface area contributed by atoms with Crippen molar-refractivity contribution in [2.45, 2.75) is 25.3 Å². The maximum atomic E-state index is 12.4. The minimum atomic E-state index is -0.919. The van der Waals surface area contributed by atoms with Crippen LogP contribution in [0.4, 0.5) is 0 Å².